The van der Waals surface area contributed by atoms with Crippen LogP contribution in [0.3, 0.4) is 0 Å². The second-order valence-corrected chi connectivity index (χ2v) is 13.4. The molecule has 23 heteroatoms. The van der Waals surface area contributed by atoms with Crippen LogP contribution in [0, 0.1) is 0 Å². The highest BCUT2D eigenvalue weighted by molar-refractivity contribution is 8.08. The average molecular weight is 672 g/mol. The molecule has 0 aliphatic carbocycles. The molecule has 0 saturated carbocycles. The molecule has 3 heterocycles. The zero-order valence-electron chi connectivity index (χ0n) is 21.3. The maximum Gasteiger partial charge on any atom is 0.481 e. The van der Waals surface area contributed by atoms with Crippen LogP contribution in [-0.2, 0) is 43.9 Å². The third-order valence-corrected chi connectivity index (χ3v) is 9.81. The minimum Gasteiger partial charge on any atom is -0.393 e. The van der Waals surface area contributed by atoms with Crippen molar-refractivity contribution >= 4 is 26.3 Å². The van der Waals surface area contributed by atoms with Gasteiger partial charge in [0.15, 0.2) is 30.4 Å². The lowest BCUT2D eigenvalue weighted by Crippen LogP contribution is -2.60. The van der Waals surface area contributed by atoms with Crippen LogP contribution in [0.4, 0.5) is 8.78 Å². The number of nitrogens with one attached hydrogen (secondary N) is 1. The zero-order chi connectivity index (χ0) is 31.8. The van der Waals surface area contributed by atoms with Gasteiger partial charge in [-0.25, -0.2) is 22.5 Å². The number of rotatable bonds is 12. The number of nitrogens with zero attached hydrogens (tertiary/aromatic N) is 1. The van der Waals surface area contributed by atoms with Gasteiger partial charge >= 0.3 is 20.2 Å². The Morgan fingerprint density at radius 1 is 1.26 bits per heavy atom. The molecule has 7 unspecified atom stereocenters. The number of phosphoric ester groups is 1. The first-order valence-electron chi connectivity index (χ1n) is 11.6. The van der Waals surface area contributed by atoms with E-state index in [4.69, 9.17) is 23.8 Å². The van der Waals surface area contributed by atoms with Gasteiger partial charge in [-0.15, -0.1) is 0 Å². The summed E-state index contributed by atoms with van der Waals surface area (Å²) < 4.78 is 71.7. The first-order valence-corrected chi connectivity index (χ1v) is 15.6. The van der Waals surface area contributed by atoms with Gasteiger partial charge in [-0.1, -0.05) is 12.7 Å². The number of phosphoric acid groups is 1. The fourth-order valence-electron chi connectivity index (χ4n) is 4.16. The molecule has 42 heavy (non-hydrogen) atoms. The Balaban J connectivity index is 1.76. The molecule has 2 aliphatic rings. The summed E-state index contributed by atoms with van der Waals surface area (Å²) in [5, 5.41) is 49.4. The lowest BCUT2D eigenvalue weighted by molar-refractivity contribution is -0.287. The lowest BCUT2D eigenvalue weighted by atomic mass is 9.92. The van der Waals surface area contributed by atoms with Crippen molar-refractivity contribution in [2.45, 2.75) is 60.7 Å². The largest absolute Gasteiger partial charge is 0.481 e. The number of hydrogen-bond donors (Lipinski definition) is 8. The molecule has 1 aromatic heterocycles. The molecule has 2 aliphatic heterocycles. The molecule has 0 amide bonds. The van der Waals surface area contributed by atoms with Crippen molar-refractivity contribution in [3.63, 3.8) is 0 Å². The molecule has 8 N–H and O–H groups in total. The van der Waals surface area contributed by atoms with Crippen molar-refractivity contribution in [1.82, 2.24) is 9.55 Å². The number of methoxy groups -OCH3 is 1. The Kier molecular flexibility index (Phi) is 10.8. The molecule has 0 spiro atoms. The summed E-state index contributed by atoms with van der Waals surface area (Å²) >= 11 is 4.58. The van der Waals surface area contributed by atoms with Gasteiger partial charge in [-0.3, -0.25) is 18.9 Å². The molecule has 2 saturated heterocycles. The highest BCUT2D eigenvalue weighted by atomic mass is 32.5. The van der Waals surface area contributed by atoms with Crippen LogP contribution >= 0.6 is 14.5 Å². The molecule has 3 rings (SSSR count). The fourth-order valence-corrected chi connectivity index (χ4v) is 7.24. The van der Waals surface area contributed by atoms with E-state index in [0.29, 0.717) is 4.57 Å². The SMILES string of the molecule is C=C[C@]1(OC)[C@H](n2ccc(=O)[nH]c2=O)O[C@](F)(COP(O)(=S)OP(=O)(O)OC2OC([C@@H](F)CO)C(O)C(O)C2O)[C@H]1O. The second kappa shape index (κ2) is 12.9. The summed E-state index contributed by atoms with van der Waals surface area (Å²) in [5.74, 6) is -3.39. The van der Waals surface area contributed by atoms with Crippen LogP contribution in [-0.4, -0.2) is 120 Å². The summed E-state index contributed by atoms with van der Waals surface area (Å²) in [7, 11) is -4.68. The van der Waals surface area contributed by atoms with E-state index in [1.54, 1.807) is 0 Å². The van der Waals surface area contributed by atoms with Gasteiger partial charge in [0.2, 0.25) is 0 Å². The molecule has 12 atom stereocenters. The summed E-state index contributed by atoms with van der Waals surface area (Å²) in [6, 6.07) is 0.877. The van der Waals surface area contributed by atoms with Gasteiger partial charge in [0.1, 0.15) is 31.0 Å². The zero-order valence-corrected chi connectivity index (χ0v) is 23.9. The second-order valence-electron chi connectivity index (χ2n) is 8.98. The fraction of sp³-hybridized carbons (Fsp3) is 0.684. The summed E-state index contributed by atoms with van der Waals surface area (Å²) in [6.45, 7) is -4.36. The number of aliphatic hydroxyl groups excluding tert-OH is 5. The molecule has 0 aromatic carbocycles. The lowest BCUT2D eigenvalue weighted by Gasteiger charge is -2.41. The van der Waals surface area contributed by atoms with Crippen LogP contribution in [0.15, 0.2) is 34.5 Å². The van der Waals surface area contributed by atoms with Crippen LogP contribution in [0.5, 0.6) is 0 Å². The van der Waals surface area contributed by atoms with Gasteiger partial charge in [-0.2, -0.15) is 0 Å². The number of halogens is 2. The number of ether oxygens (including phenoxy) is 3. The van der Waals surface area contributed by atoms with E-state index >= 15 is 4.39 Å². The number of H-pyrrole nitrogens is 1. The number of aromatic amines is 1. The van der Waals surface area contributed by atoms with Gasteiger partial charge in [-0.05, 0) is 11.8 Å². The minimum absolute atomic E-state index is 0.644. The number of alkyl halides is 2. The molecule has 240 valence electrons. The molecule has 2 fully saturated rings. The summed E-state index contributed by atoms with van der Waals surface area (Å²) in [5.41, 5.74) is -4.13. The van der Waals surface area contributed by atoms with E-state index in [1.165, 1.54) is 0 Å². The van der Waals surface area contributed by atoms with Crippen molar-refractivity contribution < 1.29 is 76.2 Å². The molecular formula is C19H28F2N2O16P2S. The monoisotopic (exact) mass is 672 g/mol. The quantitative estimate of drug-likeness (QED) is 0.0821. The maximum atomic E-state index is 15.9. The Morgan fingerprint density at radius 3 is 2.45 bits per heavy atom. The van der Waals surface area contributed by atoms with Crippen LogP contribution in [0.25, 0.3) is 0 Å². The normalized spacial score (nSPS) is 38.9. The third kappa shape index (κ3) is 6.97. The number of aliphatic hydroxyl groups is 5. The Labute approximate surface area is 239 Å². The number of hydrogen-bond acceptors (Lipinski definition) is 15. The van der Waals surface area contributed by atoms with Gasteiger partial charge in [0, 0.05) is 19.4 Å². The molecular weight excluding hydrogens is 644 g/mol. The van der Waals surface area contributed by atoms with E-state index in [1.807, 2.05) is 4.98 Å². The van der Waals surface area contributed by atoms with Crippen LogP contribution in [0.2, 0.25) is 0 Å². The molecule has 1 aromatic rings. The maximum absolute atomic E-state index is 15.9. The number of aromatic nitrogens is 2. The topological polar surface area (TPSA) is 269 Å². The van der Waals surface area contributed by atoms with Gasteiger partial charge in [0.05, 0.1) is 6.61 Å². The van der Waals surface area contributed by atoms with Crippen molar-refractivity contribution in [2.24, 2.45) is 0 Å². The van der Waals surface area contributed by atoms with E-state index < -0.39 is 99.7 Å². The average Bonchev–Trinajstić information content (AvgIpc) is 3.13. The van der Waals surface area contributed by atoms with Crippen molar-refractivity contribution in [3.8, 4) is 0 Å². The van der Waals surface area contributed by atoms with Crippen LogP contribution in [0.1, 0.15) is 6.23 Å². The van der Waals surface area contributed by atoms with E-state index in [-0.39, 0.29) is 0 Å². The first kappa shape index (κ1) is 35.1. The highest BCUT2D eigenvalue weighted by Gasteiger charge is 2.66. The standard InChI is InChI=1S/C19H28F2N2O16P2S/c1-3-18(34-2)15(29)19(21,37-16(18)23-5-4-9(25)22-17(23)30)7-35-41(33,42)39-40(31,32)38-14-12(28)10(26)11(27)13(36-14)8(20)6-24/h3-5,8,10-16,24,26-29H,1,6-7H2,2H3,(H,31,32)(H,33,42)(H,22,25,30)/t8-,10?,11?,12?,13?,14?,15-,16+,18+,19+,41?/m0/s1. The van der Waals surface area contributed by atoms with Gasteiger partial charge < -0.3 is 54.1 Å². The summed E-state index contributed by atoms with van der Waals surface area (Å²) in [4.78, 5) is 46.0. The predicted molar refractivity (Wildman–Crippen MR) is 134 cm³/mol. The van der Waals surface area contributed by atoms with E-state index in [0.717, 1.165) is 25.4 Å². The predicted octanol–water partition coefficient (Wildman–Crippen LogP) is -2.83. The van der Waals surface area contributed by atoms with Crippen molar-refractivity contribution in [2.75, 3.05) is 20.3 Å². The van der Waals surface area contributed by atoms with Crippen molar-refractivity contribution in [1.29, 1.82) is 0 Å². The van der Waals surface area contributed by atoms with E-state index in [2.05, 4.69) is 27.2 Å². The van der Waals surface area contributed by atoms with E-state index in [9.17, 15) is 48.8 Å². The highest BCUT2D eigenvalue weighted by Crippen LogP contribution is 2.62. The van der Waals surface area contributed by atoms with Crippen LogP contribution < -0.4 is 11.2 Å². The van der Waals surface area contributed by atoms with Crippen molar-refractivity contribution in [3.05, 3.63) is 45.8 Å². The minimum atomic E-state index is -5.68. The third-order valence-electron chi connectivity index (χ3n) is 6.31. The molecule has 0 bridgehead atoms. The smallest absolute Gasteiger partial charge is 0.393 e. The Morgan fingerprint density at radius 2 is 1.90 bits per heavy atom. The first-order chi connectivity index (χ1) is 19.4. The molecule has 18 nitrogen and oxygen atoms in total. The molecule has 0 radical (unpaired) electrons. The summed E-state index contributed by atoms with van der Waals surface area (Å²) in [6.07, 6.45) is -15.8. The van der Waals surface area contributed by atoms with Gasteiger partial charge in [0.25, 0.3) is 11.4 Å². The Hall–Kier alpha value is -1.36. The Bertz CT molecular complexity index is 1350.